The lowest BCUT2D eigenvalue weighted by Crippen LogP contribution is -2.13. The summed E-state index contributed by atoms with van der Waals surface area (Å²) in [5.41, 5.74) is 0.105. The third-order valence-electron chi connectivity index (χ3n) is 3.32. The zero-order chi connectivity index (χ0) is 21.4. The first-order valence-corrected chi connectivity index (χ1v) is 10.3. The monoisotopic (exact) mass is 435 g/mol. The molecule has 0 amide bonds. The Morgan fingerprint density at radius 3 is 2.48 bits per heavy atom. The largest absolute Gasteiger partial charge is 0.462 e. The van der Waals surface area contributed by atoms with Gasteiger partial charge in [0.1, 0.15) is 12.3 Å². The highest BCUT2D eigenvalue weighted by Gasteiger charge is 2.17. The molecule has 0 saturated heterocycles. The molecule has 0 aliphatic heterocycles. The fourth-order valence-corrected chi connectivity index (χ4v) is 2.74. The highest BCUT2D eigenvalue weighted by Crippen LogP contribution is 2.32. The van der Waals surface area contributed by atoms with Gasteiger partial charge in [-0.2, -0.15) is 15.5 Å². The molecule has 2 rings (SSSR count). The third-order valence-corrected chi connectivity index (χ3v) is 4.67. The van der Waals surface area contributed by atoms with Crippen molar-refractivity contribution in [1.82, 2.24) is 0 Å². The number of carbonyl (C=O) groups excluding carboxylic acids is 2. The van der Waals surface area contributed by atoms with Gasteiger partial charge in [-0.15, -0.1) is 0 Å². The second-order valence-electron chi connectivity index (χ2n) is 5.49. The van der Waals surface area contributed by atoms with Gasteiger partial charge >= 0.3 is 11.9 Å². The van der Waals surface area contributed by atoms with Gasteiger partial charge in [0.2, 0.25) is 0 Å². The van der Waals surface area contributed by atoms with E-state index in [2.05, 4.69) is 10.2 Å². The van der Waals surface area contributed by atoms with Crippen molar-refractivity contribution >= 4 is 37.4 Å². The van der Waals surface area contributed by atoms with Crippen LogP contribution in [0.2, 0.25) is 0 Å². The summed E-state index contributed by atoms with van der Waals surface area (Å²) in [5.74, 6) is -1.41. The Bertz CT molecular complexity index is 1080. The van der Waals surface area contributed by atoms with Crippen LogP contribution >= 0.6 is 10.7 Å². The normalized spacial score (nSPS) is 12.2. The average molecular weight is 436 g/mol. The molecule has 0 aliphatic rings. The van der Waals surface area contributed by atoms with Crippen LogP contribution in [-0.2, 0) is 18.6 Å². The van der Waals surface area contributed by atoms with E-state index in [4.69, 9.17) is 25.4 Å². The van der Waals surface area contributed by atoms with Gasteiger partial charge in [-0.1, -0.05) is 18.2 Å². The van der Waals surface area contributed by atoms with Crippen LogP contribution in [0.25, 0.3) is 0 Å². The Labute approximate surface area is 171 Å². The Balaban J connectivity index is 2.36. The molecule has 0 saturated carbocycles. The summed E-state index contributed by atoms with van der Waals surface area (Å²) in [4.78, 5) is 22.8. The van der Waals surface area contributed by atoms with E-state index in [1.54, 1.807) is 24.3 Å². The lowest BCUT2D eigenvalue weighted by atomic mass is 10.2. The summed E-state index contributed by atoms with van der Waals surface area (Å²) >= 11 is 0. The Hall–Kier alpha value is -3.29. The average Bonchev–Trinajstić information content (AvgIpc) is 2.68. The van der Waals surface area contributed by atoms with Gasteiger partial charge < -0.3 is 9.47 Å². The van der Waals surface area contributed by atoms with Crippen molar-refractivity contribution in [3.63, 3.8) is 0 Å². The van der Waals surface area contributed by atoms with E-state index in [-0.39, 0.29) is 28.5 Å². The molecule has 0 fully saturated rings. The number of benzene rings is 2. The molecule has 11 heteroatoms. The van der Waals surface area contributed by atoms with Gasteiger partial charge in [-0.05, 0) is 30.3 Å². The summed E-state index contributed by atoms with van der Waals surface area (Å²) in [6.07, 6.45) is 0. The SMILES string of the molecule is CC(=O)OCC(C#N)N=Nc1cc(S(=O)(=O)Cl)ccc1OC(=O)c1ccccc1. The van der Waals surface area contributed by atoms with Crippen LogP contribution in [-0.4, -0.2) is 33.0 Å². The fraction of sp³-hybridized carbons (Fsp3) is 0.167. The van der Waals surface area contributed by atoms with Gasteiger partial charge in [0.15, 0.2) is 11.8 Å². The summed E-state index contributed by atoms with van der Waals surface area (Å²) < 4.78 is 33.1. The molecule has 0 N–H and O–H groups in total. The first kappa shape index (κ1) is 22.0. The molecule has 0 radical (unpaired) electrons. The maximum absolute atomic E-state index is 12.3. The standard InChI is InChI=1S/C18H14ClN3O6S/c1-12(23)27-11-14(10-20)21-22-16-9-15(29(19,25)26)7-8-17(16)28-18(24)13-5-3-2-4-6-13/h2-9,14H,11H2,1H3. The lowest BCUT2D eigenvalue weighted by molar-refractivity contribution is -0.141. The fourth-order valence-electron chi connectivity index (χ4n) is 1.97. The van der Waals surface area contributed by atoms with Gasteiger partial charge in [0.05, 0.1) is 16.5 Å². The molecular weight excluding hydrogens is 422 g/mol. The molecular formula is C18H14ClN3O6S. The van der Waals surface area contributed by atoms with Gasteiger partial charge in [-0.3, -0.25) is 4.79 Å². The maximum Gasteiger partial charge on any atom is 0.343 e. The molecule has 9 nitrogen and oxygen atoms in total. The van der Waals surface area contributed by atoms with E-state index in [0.717, 1.165) is 12.1 Å². The van der Waals surface area contributed by atoms with E-state index in [1.807, 2.05) is 0 Å². The smallest absolute Gasteiger partial charge is 0.343 e. The minimum atomic E-state index is -4.09. The van der Waals surface area contributed by atoms with E-state index < -0.39 is 27.0 Å². The van der Waals surface area contributed by atoms with Crippen molar-refractivity contribution in [3.8, 4) is 11.8 Å². The zero-order valence-electron chi connectivity index (χ0n) is 15.0. The number of esters is 2. The van der Waals surface area contributed by atoms with Crippen LogP contribution in [0.15, 0.2) is 63.7 Å². The maximum atomic E-state index is 12.3. The topological polar surface area (TPSA) is 135 Å². The molecule has 0 heterocycles. The Kier molecular flexibility index (Phi) is 7.41. The summed E-state index contributed by atoms with van der Waals surface area (Å²) in [6.45, 7) is 0.823. The highest BCUT2D eigenvalue weighted by molar-refractivity contribution is 8.13. The van der Waals surface area contributed by atoms with Crippen molar-refractivity contribution in [2.24, 2.45) is 10.2 Å². The molecule has 2 aromatic rings. The van der Waals surface area contributed by atoms with Crippen LogP contribution in [0.5, 0.6) is 5.75 Å². The molecule has 1 unspecified atom stereocenters. The predicted octanol–water partition coefficient (Wildman–Crippen LogP) is 3.37. The molecule has 2 aromatic carbocycles. The molecule has 0 spiro atoms. The van der Waals surface area contributed by atoms with Crippen LogP contribution < -0.4 is 4.74 Å². The van der Waals surface area contributed by atoms with E-state index in [9.17, 15) is 18.0 Å². The lowest BCUT2D eigenvalue weighted by Gasteiger charge is -2.08. The number of nitrogens with zero attached hydrogens (tertiary/aromatic N) is 3. The van der Waals surface area contributed by atoms with Crippen molar-refractivity contribution in [2.75, 3.05) is 6.61 Å². The second kappa shape index (κ2) is 9.77. The molecule has 0 bridgehead atoms. The summed E-state index contributed by atoms with van der Waals surface area (Å²) in [5, 5.41) is 16.6. The van der Waals surface area contributed by atoms with Crippen molar-refractivity contribution in [1.29, 1.82) is 5.26 Å². The van der Waals surface area contributed by atoms with Gasteiger partial charge in [-0.25, -0.2) is 13.2 Å². The second-order valence-corrected chi connectivity index (χ2v) is 8.05. The number of hydrogen-bond acceptors (Lipinski definition) is 9. The van der Waals surface area contributed by atoms with Crippen LogP contribution in [0.4, 0.5) is 5.69 Å². The predicted molar refractivity (Wildman–Crippen MR) is 101 cm³/mol. The van der Waals surface area contributed by atoms with Gasteiger partial charge in [0, 0.05) is 17.6 Å². The Morgan fingerprint density at radius 1 is 1.21 bits per heavy atom. The van der Waals surface area contributed by atoms with E-state index in [0.29, 0.717) is 0 Å². The highest BCUT2D eigenvalue weighted by atomic mass is 35.7. The zero-order valence-corrected chi connectivity index (χ0v) is 16.6. The van der Waals surface area contributed by atoms with Crippen LogP contribution in [0.1, 0.15) is 17.3 Å². The van der Waals surface area contributed by atoms with Crippen LogP contribution in [0.3, 0.4) is 0 Å². The van der Waals surface area contributed by atoms with Crippen molar-refractivity contribution in [3.05, 3.63) is 54.1 Å². The number of hydrogen-bond donors (Lipinski definition) is 0. The van der Waals surface area contributed by atoms with Crippen molar-refractivity contribution < 1.29 is 27.5 Å². The minimum Gasteiger partial charge on any atom is -0.462 e. The summed E-state index contributed by atoms with van der Waals surface area (Å²) in [6, 6.07) is 12.1. The van der Waals surface area contributed by atoms with Gasteiger partial charge in [0.25, 0.3) is 9.05 Å². The number of azo groups is 1. The first-order chi connectivity index (χ1) is 13.7. The van der Waals surface area contributed by atoms with Crippen LogP contribution in [0, 0.1) is 11.3 Å². The molecule has 150 valence electrons. The number of carbonyl (C=O) groups is 2. The molecule has 29 heavy (non-hydrogen) atoms. The quantitative estimate of drug-likeness (QED) is 0.281. The molecule has 0 aromatic heterocycles. The number of halogens is 1. The number of rotatable bonds is 7. The molecule has 0 aliphatic carbocycles. The summed E-state index contributed by atoms with van der Waals surface area (Å²) in [7, 11) is 1.25. The van der Waals surface area contributed by atoms with E-state index >= 15 is 0 Å². The molecule has 1 atom stereocenters. The number of ether oxygens (including phenoxy) is 2. The first-order valence-electron chi connectivity index (χ1n) is 8.00. The third kappa shape index (κ3) is 6.67. The van der Waals surface area contributed by atoms with E-state index in [1.165, 1.54) is 25.1 Å². The van der Waals surface area contributed by atoms with Crippen molar-refractivity contribution in [2.45, 2.75) is 17.9 Å². The minimum absolute atomic E-state index is 0.101. The number of nitriles is 1. The Morgan fingerprint density at radius 2 is 1.90 bits per heavy atom.